The minimum Gasteiger partial charge on any atom is -0.497 e. The second-order valence-electron chi connectivity index (χ2n) is 9.05. The summed E-state index contributed by atoms with van der Waals surface area (Å²) in [6.45, 7) is 4.75. The number of aryl methyl sites for hydroxylation is 1. The molecule has 154 valence electrons. The van der Waals surface area contributed by atoms with Gasteiger partial charge >= 0.3 is 0 Å². The minimum atomic E-state index is 0.142. The second kappa shape index (κ2) is 8.52. The highest BCUT2D eigenvalue weighted by Gasteiger charge is 2.47. The van der Waals surface area contributed by atoms with Crippen molar-refractivity contribution >= 4 is 23.5 Å². The van der Waals surface area contributed by atoms with E-state index in [-0.39, 0.29) is 5.41 Å². The van der Waals surface area contributed by atoms with Gasteiger partial charge in [0.25, 0.3) is 0 Å². The highest BCUT2D eigenvalue weighted by molar-refractivity contribution is 6.30. The third-order valence-electron chi connectivity index (χ3n) is 7.29. The van der Waals surface area contributed by atoms with Gasteiger partial charge in [-0.15, -0.1) is 0 Å². The lowest BCUT2D eigenvalue weighted by Gasteiger charge is -2.50. The van der Waals surface area contributed by atoms with Crippen LogP contribution >= 0.6 is 11.6 Å². The van der Waals surface area contributed by atoms with Gasteiger partial charge in [0.15, 0.2) is 0 Å². The molecule has 0 spiro atoms. The number of benzene rings is 2. The van der Waals surface area contributed by atoms with Crippen LogP contribution in [0.4, 0.5) is 5.69 Å². The van der Waals surface area contributed by atoms with Crippen molar-refractivity contribution in [1.29, 1.82) is 0 Å². The zero-order valence-electron chi connectivity index (χ0n) is 17.8. The average molecular weight is 410 g/mol. The number of nitrogens with zero attached hydrogens (tertiary/aromatic N) is 1. The lowest BCUT2D eigenvalue weighted by atomic mass is 9.54. The van der Waals surface area contributed by atoms with E-state index in [1.54, 1.807) is 12.7 Å². The Morgan fingerprint density at radius 2 is 2.07 bits per heavy atom. The molecule has 0 heterocycles. The van der Waals surface area contributed by atoms with Crippen LogP contribution in [-0.4, -0.2) is 13.3 Å². The Bertz CT molecular complexity index is 892. The van der Waals surface area contributed by atoms with Crippen molar-refractivity contribution in [3.63, 3.8) is 0 Å². The fourth-order valence-electron chi connectivity index (χ4n) is 5.83. The molecule has 0 unspecified atom stereocenters. The summed E-state index contributed by atoms with van der Waals surface area (Å²) < 4.78 is 5.46. The Hall–Kier alpha value is -1.80. The molecule has 0 N–H and O–H groups in total. The fourth-order valence-corrected chi connectivity index (χ4v) is 6.01. The molecule has 0 amide bonds. The first-order chi connectivity index (χ1) is 14.0. The zero-order chi connectivity index (χ0) is 20.4. The lowest BCUT2D eigenvalue weighted by Crippen LogP contribution is -2.43. The summed E-state index contributed by atoms with van der Waals surface area (Å²) in [5.74, 6) is 3.07. The van der Waals surface area contributed by atoms with Crippen molar-refractivity contribution in [2.24, 2.45) is 22.2 Å². The molecule has 2 aromatic rings. The predicted molar refractivity (Wildman–Crippen MR) is 123 cm³/mol. The van der Waals surface area contributed by atoms with Gasteiger partial charge < -0.3 is 4.74 Å². The van der Waals surface area contributed by atoms with Gasteiger partial charge in [-0.1, -0.05) is 44.0 Å². The molecule has 2 nitrogen and oxygen atoms in total. The number of hydrogen-bond acceptors (Lipinski definition) is 2. The maximum atomic E-state index is 6.16. The molecule has 0 bridgehead atoms. The number of hydrogen-bond donors (Lipinski definition) is 0. The SMILES string of the molecule is CCC[C@H]1[C@@H]2CCc3cc(OC)ccc3[C@H]2CC[C@]1(C)C=Nc1cccc(Cl)c1. The van der Waals surface area contributed by atoms with E-state index in [0.29, 0.717) is 11.8 Å². The Kier molecular flexibility index (Phi) is 6.01. The van der Waals surface area contributed by atoms with Crippen molar-refractivity contribution < 1.29 is 4.74 Å². The van der Waals surface area contributed by atoms with Crippen molar-refractivity contribution in [3.8, 4) is 5.75 Å². The van der Waals surface area contributed by atoms with Crippen LogP contribution in [0, 0.1) is 17.3 Å². The van der Waals surface area contributed by atoms with E-state index in [0.717, 1.165) is 28.8 Å². The molecule has 1 saturated carbocycles. The first kappa shape index (κ1) is 20.5. The first-order valence-corrected chi connectivity index (χ1v) is 11.4. The van der Waals surface area contributed by atoms with Crippen LogP contribution < -0.4 is 4.74 Å². The Labute approximate surface area is 180 Å². The summed E-state index contributed by atoms with van der Waals surface area (Å²) in [4.78, 5) is 4.87. The highest BCUT2D eigenvalue weighted by atomic mass is 35.5. The summed E-state index contributed by atoms with van der Waals surface area (Å²) in [5, 5.41) is 0.748. The van der Waals surface area contributed by atoms with Gasteiger partial charge in [-0.2, -0.15) is 0 Å². The number of fused-ring (bicyclic) bond motifs is 3. The molecule has 2 aromatic carbocycles. The second-order valence-corrected chi connectivity index (χ2v) is 9.49. The fraction of sp³-hybridized carbons (Fsp3) is 0.500. The number of methoxy groups -OCH3 is 1. The Morgan fingerprint density at radius 1 is 1.21 bits per heavy atom. The molecule has 0 radical (unpaired) electrons. The standard InChI is InChI=1S/C26H32ClNO/c1-4-6-25-24-11-9-18-15-21(29-3)10-12-22(18)23(24)13-14-26(25,2)17-28-20-8-5-7-19(27)16-20/h5,7-8,10,12,15-17,23-25H,4,6,9,11,13-14H2,1-3H3/t23-,24-,25+,26-/m1/s1. The summed E-state index contributed by atoms with van der Waals surface area (Å²) in [7, 11) is 1.76. The highest BCUT2D eigenvalue weighted by Crippen LogP contribution is 2.55. The monoisotopic (exact) mass is 409 g/mol. The van der Waals surface area contributed by atoms with Gasteiger partial charge in [0.2, 0.25) is 0 Å². The summed E-state index contributed by atoms with van der Waals surface area (Å²) in [5.41, 5.74) is 4.16. The number of aliphatic imine (C=N–C) groups is 1. The zero-order valence-corrected chi connectivity index (χ0v) is 18.6. The molecule has 1 fully saturated rings. The maximum absolute atomic E-state index is 6.16. The molecular formula is C26H32ClNO. The quantitative estimate of drug-likeness (QED) is 0.465. The van der Waals surface area contributed by atoms with Crippen molar-refractivity contribution in [1.82, 2.24) is 0 Å². The predicted octanol–water partition coefficient (Wildman–Crippen LogP) is 7.61. The summed E-state index contributed by atoms with van der Waals surface area (Å²) in [6.07, 6.45) is 9.61. The molecule has 2 aliphatic rings. The van der Waals surface area contributed by atoms with E-state index in [9.17, 15) is 0 Å². The molecular weight excluding hydrogens is 378 g/mol. The third-order valence-corrected chi connectivity index (χ3v) is 7.52. The molecule has 0 aliphatic heterocycles. The van der Waals surface area contributed by atoms with E-state index in [4.69, 9.17) is 21.3 Å². The maximum Gasteiger partial charge on any atom is 0.119 e. The van der Waals surface area contributed by atoms with E-state index in [1.807, 2.05) is 24.3 Å². The minimum absolute atomic E-state index is 0.142. The van der Waals surface area contributed by atoms with Crippen LogP contribution in [0.15, 0.2) is 47.5 Å². The topological polar surface area (TPSA) is 21.6 Å². The summed E-state index contributed by atoms with van der Waals surface area (Å²) in [6, 6.07) is 14.6. The number of halogens is 1. The molecule has 3 heteroatoms. The molecule has 2 aliphatic carbocycles. The molecule has 0 aromatic heterocycles. The van der Waals surface area contributed by atoms with Crippen LogP contribution in [0.1, 0.15) is 63.0 Å². The normalized spacial score (nSPS) is 28.8. The molecule has 4 rings (SSSR count). The average Bonchev–Trinajstić information content (AvgIpc) is 2.74. The Balaban J connectivity index is 1.62. The van der Waals surface area contributed by atoms with Crippen LogP contribution in [0.25, 0.3) is 0 Å². The molecule has 29 heavy (non-hydrogen) atoms. The van der Waals surface area contributed by atoms with Crippen molar-refractivity contribution in [3.05, 3.63) is 58.6 Å². The van der Waals surface area contributed by atoms with Crippen LogP contribution in [-0.2, 0) is 6.42 Å². The van der Waals surface area contributed by atoms with Gasteiger partial charge in [-0.05, 0) is 91.3 Å². The first-order valence-electron chi connectivity index (χ1n) is 11.0. The van der Waals surface area contributed by atoms with Gasteiger partial charge in [-0.25, -0.2) is 0 Å². The smallest absolute Gasteiger partial charge is 0.119 e. The third kappa shape index (κ3) is 4.10. The van der Waals surface area contributed by atoms with Gasteiger partial charge in [-0.3, -0.25) is 4.99 Å². The largest absolute Gasteiger partial charge is 0.497 e. The van der Waals surface area contributed by atoms with Crippen LogP contribution in [0.2, 0.25) is 5.02 Å². The van der Waals surface area contributed by atoms with Crippen molar-refractivity contribution in [2.45, 2.75) is 58.3 Å². The van der Waals surface area contributed by atoms with E-state index in [2.05, 4.69) is 38.3 Å². The van der Waals surface area contributed by atoms with Gasteiger partial charge in [0.1, 0.15) is 5.75 Å². The molecule has 4 atom stereocenters. The lowest BCUT2D eigenvalue weighted by molar-refractivity contribution is 0.0784. The van der Waals surface area contributed by atoms with Crippen LogP contribution in [0.3, 0.4) is 0 Å². The number of ether oxygens (including phenoxy) is 1. The Morgan fingerprint density at radius 3 is 2.83 bits per heavy atom. The van der Waals surface area contributed by atoms with Gasteiger partial charge in [0, 0.05) is 16.7 Å². The van der Waals surface area contributed by atoms with Crippen molar-refractivity contribution in [2.75, 3.05) is 7.11 Å². The van der Waals surface area contributed by atoms with E-state index >= 15 is 0 Å². The van der Waals surface area contributed by atoms with Gasteiger partial charge in [0.05, 0.1) is 12.8 Å². The summed E-state index contributed by atoms with van der Waals surface area (Å²) >= 11 is 6.16. The van der Waals surface area contributed by atoms with E-state index < -0.39 is 0 Å². The van der Waals surface area contributed by atoms with E-state index in [1.165, 1.54) is 37.7 Å². The molecule has 0 saturated heterocycles. The van der Waals surface area contributed by atoms with Crippen LogP contribution in [0.5, 0.6) is 5.75 Å². The number of rotatable bonds is 5.